The van der Waals surface area contributed by atoms with Gasteiger partial charge < -0.3 is 4.57 Å². The maximum atomic E-state index is 2.48. The minimum atomic E-state index is 1.16. The molecule has 0 aliphatic heterocycles. The summed E-state index contributed by atoms with van der Waals surface area (Å²) in [6, 6.07) is 68.7. The molecule has 1 nitrogen and oxygen atoms in total. The topological polar surface area (TPSA) is 4.93 Å². The number of nitrogens with zero attached hydrogens (tertiary/aromatic N) is 1. The first-order valence-electron chi connectivity index (χ1n) is 17.0. The van der Waals surface area contributed by atoms with Crippen molar-refractivity contribution < 1.29 is 0 Å². The second kappa shape index (κ2) is 11.1. The van der Waals surface area contributed by atoms with Crippen molar-refractivity contribution in [2.75, 3.05) is 0 Å². The van der Waals surface area contributed by atoms with Crippen molar-refractivity contribution in [1.82, 2.24) is 4.57 Å². The minimum absolute atomic E-state index is 1.16. The summed E-state index contributed by atoms with van der Waals surface area (Å²) in [5.74, 6) is 0. The zero-order valence-electron chi connectivity index (χ0n) is 26.8. The molecule has 0 saturated carbocycles. The summed E-state index contributed by atoms with van der Waals surface area (Å²) < 4.78 is 2.48. The normalized spacial score (nSPS) is 11.7. The minimum Gasteiger partial charge on any atom is -0.309 e. The van der Waals surface area contributed by atoms with Crippen LogP contribution in [0.5, 0.6) is 0 Å². The van der Waals surface area contributed by atoms with Crippen LogP contribution in [-0.4, -0.2) is 4.57 Å². The summed E-state index contributed by atoms with van der Waals surface area (Å²) in [6.45, 7) is 0. The molecular formula is C48H31N. The highest BCUT2D eigenvalue weighted by Gasteiger charge is 2.23. The van der Waals surface area contributed by atoms with Gasteiger partial charge in [0.1, 0.15) is 0 Å². The van der Waals surface area contributed by atoms with E-state index in [1.54, 1.807) is 0 Å². The fourth-order valence-corrected chi connectivity index (χ4v) is 8.08. The van der Waals surface area contributed by atoms with Crippen LogP contribution >= 0.6 is 0 Å². The molecule has 228 valence electrons. The Morgan fingerprint density at radius 2 is 0.776 bits per heavy atom. The molecule has 10 aromatic rings. The third-order valence-electron chi connectivity index (χ3n) is 10.2. The maximum absolute atomic E-state index is 2.48. The molecule has 0 unspecified atom stereocenters. The number of hydrogen-bond acceptors (Lipinski definition) is 0. The van der Waals surface area contributed by atoms with Crippen molar-refractivity contribution in [3.8, 4) is 39.1 Å². The molecular weight excluding hydrogens is 591 g/mol. The van der Waals surface area contributed by atoms with E-state index in [0.29, 0.717) is 0 Å². The average Bonchev–Trinajstić information content (AvgIpc) is 3.50. The lowest BCUT2D eigenvalue weighted by molar-refractivity contribution is 1.18. The van der Waals surface area contributed by atoms with Crippen LogP contribution in [0.2, 0.25) is 0 Å². The fraction of sp³-hybridized carbons (Fsp3) is 0. The Bertz CT molecular complexity index is 2800. The van der Waals surface area contributed by atoms with Crippen molar-refractivity contribution >= 4 is 54.1 Å². The van der Waals surface area contributed by atoms with Crippen LogP contribution in [0.15, 0.2) is 188 Å². The van der Waals surface area contributed by atoms with Gasteiger partial charge in [-0.2, -0.15) is 0 Å². The lowest BCUT2D eigenvalue weighted by Gasteiger charge is -2.20. The smallest absolute Gasteiger partial charge is 0.0619 e. The largest absolute Gasteiger partial charge is 0.309 e. The van der Waals surface area contributed by atoms with Gasteiger partial charge in [-0.15, -0.1) is 0 Å². The summed E-state index contributed by atoms with van der Waals surface area (Å²) in [7, 11) is 0. The molecule has 0 N–H and O–H groups in total. The van der Waals surface area contributed by atoms with Crippen LogP contribution < -0.4 is 0 Å². The quantitative estimate of drug-likeness (QED) is 0.172. The number of fused-ring (bicyclic) bond motifs is 6. The molecule has 49 heavy (non-hydrogen) atoms. The molecule has 0 amide bonds. The molecule has 0 radical (unpaired) electrons. The van der Waals surface area contributed by atoms with Crippen molar-refractivity contribution in [1.29, 1.82) is 0 Å². The molecule has 1 heterocycles. The zero-order valence-corrected chi connectivity index (χ0v) is 26.8. The number of hydrogen-bond donors (Lipinski definition) is 0. The van der Waals surface area contributed by atoms with Gasteiger partial charge in [0.25, 0.3) is 0 Å². The second-order valence-corrected chi connectivity index (χ2v) is 12.8. The van der Waals surface area contributed by atoms with Gasteiger partial charge in [0.05, 0.1) is 11.0 Å². The van der Waals surface area contributed by atoms with E-state index in [4.69, 9.17) is 0 Å². The van der Waals surface area contributed by atoms with Crippen LogP contribution in [0.3, 0.4) is 0 Å². The highest BCUT2D eigenvalue weighted by Crippen LogP contribution is 2.48. The Kier molecular flexibility index (Phi) is 6.25. The van der Waals surface area contributed by atoms with Crippen LogP contribution in [0.4, 0.5) is 0 Å². The van der Waals surface area contributed by atoms with Gasteiger partial charge in [0.15, 0.2) is 0 Å². The summed E-state index contributed by atoms with van der Waals surface area (Å²) in [5.41, 5.74) is 11.1. The monoisotopic (exact) mass is 621 g/mol. The molecule has 1 heteroatoms. The Labute approximate surface area is 284 Å². The van der Waals surface area contributed by atoms with Gasteiger partial charge in [-0.1, -0.05) is 164 Å². The van der Waals surface area contributed by atoms with Gasteiger partial charge in [-0.3, -0.25) is 0 Å². The Hall–Kier alpha value is -6.44. The summed E-state index contributed by atoms with van der Waals surface area (Å²) >= 11 is 0. The number of benzene rings is 9. The second-order valence-electron chi connectivity index (χ2n) is 12.8. The molecule has 0 atom stereocenters. The maximum Gasteiger partial charge on any atom is 0.0619 e. The first-order valence-corrected chi connectivity index (χ1v) is 17.0. The van der Waals surface area contributed by atoms with E-state index in [-0.39, 0.29) is 0 Å². The standard InChI is InChI=1S/C48H31N/c1-3-16-32(17-4-1)36-22-9-10-23-37(36)46-38-24-11-13-26-40(38)47(41-27-14-12-25-39(41)46)43-29-15-28-42-44-30-33-18-7-8-19-34(33)31-45(44)49(48(42)43)35-20-5-2-6-21-35/h1-31H. The average molecular weight is 622 g/mol. The molecule has 1 aromatic heterocycles. The van der Waals surface area contributed by atoms with E-state index in [2.05, 4.69) is 193 Å². The van der Waals surface area contributed by atoms with E-state index in [9.17, 15) is 0 Å². The van der Waals surface area contributed by atoms with Crippen molar-refractivity contribution in [2.45, 2.75) is 0 Å². The van der Waals surface area contributed by atoms with Crippen molar-refractivity contribution in [2.24, 2.45) is 0 Å². The highest BCUT2D eigenvalue weighted by molar-refractivity contribution is 6.26. The van der Waals surface area contributed by atoms with Crippen LogP contribution in [0.1, 0.15) is 0 Å². The first kappa shape index (κ1) is 27.7. The summed E-state index contributed by atoms with van der Waals surface area (Å²) in [4.78, 5) is 0. The molecule has 9 aromatic carbocycles. The SMILES string of the molecule is c1ccc(-c2ccccc2-c2c3ccccc3c(-c3cccc4c5cc6ccccc6cc5n(-c5ccccc5)c34)c3ccccc23)cc1. The van der Waals surface area contributed by atoms with E-state index in [0.717, 1.165) is 5.69 Å². The molecule has 0 bridgehead atoms. The Morgan fingerprint density at radius 1 is 0.306 bits per heavy atom. The first-order chi connectivity index (χ1) is 24.3. The fourth-order valence-electron chi connectivity index (χ4n) is 8.08. The molecule has 10 rings (SSSR count). The van der Waals surface area contributed by atoms with E-state index in [1.807, 2.05) is 0 Å². The lowest BCUT2D eigenvalue weighted by atomic mass is 9.83. The van der Waals surface area contributed by atoms with Crippen LogP contribution in [0, 0.1) is 0 Å². The highest BCUT2D eigenvalue weighted by atomic mass is 15.0. The Balaban J connectivity index is 1.37. The van der Waals surface area contributed by atoms with Gasteiger partial charge in [-0.25, -0.2) is 0 Å². The number of para-hydroxylation sites is 2. The van der Waals surface area contributed by atoms with Crippen LogP contribution in [-0.2, 0) is 0 Å². The van der Waals surface area contributed by atoms with E-state index >= 15 is 0 Å². The number of rotatable bonds is 4. The van der Waals surface area contributed by atoms with Crippen molar-refractivity contribution in [3.63, 3.8) is 0 Å². The molecule has 0 aliphatic rings. The molecule has 0 spiro atoms. The van der Waals surface area contributed by atoms with Crippen molar-refractivity contribution in [3.05, 3.63) is 188 Å². The van der Waals surface area contributed by atoms with Gasteiger partial charge in [-0.05, 0) is 84.4 Å². The zero-order chi connectivity index (χ0) is 32.3. The molecule has 0 aliphatic carbocycles. The van der Waals surface area contributed by atoms with Gasteiger partial charge in [0.2, 0.25) is 0 Å². The summed E-state index contributed by atoms with van der Waals surface area (Å²) in [5, 5.41) is 10.0. The molecule has 0 fully saturated rings. The lowest BCUT2D eigenvalue weighted by Crippen LogP contribution is -1.97. The molecule has 0 saturated heterocycles. The van der Waals surface area contributed by atoms with Gasteiger partial charge in [0, 0.05) is 22.0 Å². The summed E-state index contributed by atoms with van der Waals surface area (Å²) in [6.07, 6.45) is 0. The van der Waals surface area contributed by atoms with Gasteiger partial charge >= 0.3 is 0 Å². The predicted molar refractivity (Wildman–Crippen MR) is 210 cm³/mol. The van der Waals surface area contributed by atoms with E-state index in [1.165, 1.54) is 87.5 Å². The Morgan fingerprint density at radius 3 is 1.43 bits per heavy atom. The number of aromatic nitrogens is 1. The van der Waals surface area contributed by atoms with E-state index < -0.39 is 0 Å². The van der Waals surface area contributed by atoms with Crippen LogP contribution in [0.25, 0.3) is 93.2 Å². The third kappa shape index (κ3) is 4.26. The predicted octanol–water partition coefficient (Wildman–Crippen LogP) is 13.2. The third-order valence-corrected chi connectivity index (χ3v) is 10.2.